The lowest BCUT2D eigenvalue weighted by atomic mass is 10.2. The van der Waals surface area contributed by atoms with Crippen molar-refractivity contribution in [2.24, 2.45) is 0 Å². The third kappa shape index (κ3) is 3.29. The summed E-state index contributed by atoms with van der Waals surface area (Å²) in [5.41, 5.74) is 2.67. The Bertz CT molecular complexity index is 999. The Labute approximate surface area is 154 Å². The number of hydrogen-bond acceptors (Lipinski definition) is 4. The number of aromatic nitrogens is 2. The van der Waals surface area contributed by atoms with Crippen LogP contribution in [0.3, 0.4) is 0 Å². The highest BCUT2D eigenvalue weighted by atomic mass is 35.5. The van der Waals surface area contributed by atoms with Gasteiger partial charge >= 0.3 is 0 Å². The number of para-hydroxylation sites is 1. The fourth-order valence-corrected chi connectivity index (χ4v) is 2.81. The largest absolute Gasteiger partial charge is 0.319 e. The molecule has 1 amide bonds. The van der Waals surface area contributed by atoms with Crippen molar-refractivity contribution in [1.29, 1.82) is 0 Å². The van der Waals surface area contributed by atoms with E-state index in [2.05, 4.69) is 10.4 Å². The number of amides is 1. The lowest BCUT2D eigenvalue weighted by molar-refractivity contribution is -0.384. The van der Waals surface area contributed by atoms with Crippen LogP contribution >= 0.6 is 11.6 Å². The molecule has 0 spiro atoms. The molecule has 0 saturated carbocycles. The van der Waals surface area contributed by atoms with E-state index in [1.807, 2.05) is 37.3 Å². The first-order valence-electron chi connectivity index (χ1n) is 7.75. The Morgan fingerprint density at radius 1 is 1.19 bits per heavy atom. The maximum atomic E-state index is 12.5. The van der Waals surface area contributed by atoms with Crippen LogP contribution in [0, 0.1) is 24.0 Å². The van der Waals surface area contributed by atoms with Gasteiger partial charge in [0.25, 0.3) is 11.6 Å². The highest BCUT2D eigenvalue weighted by Crippen LogP contribution is 2.27. The molecule has 7 nitrogen and oxygen atoms in total. The Morgan fingerprint density at radius 2 is 1.88 bits per heavy atom. The molecule has 0 saturated heterocycles. The molecule has 26 heavy (non-hydrogen) atoms. The van der Waals surface area contributed by atoms with Gasteiger partial charge < -0.3 is 5.32 Å². The lowest BCUT2D eigenvalue weighted by Gasteiger charge is -2.07. The first-order chi connectivity index (χ1) is 12.4. The second kappa shape index (κ2) is 6.97. The number of benzene rings is 2. The maximum Gasteiger partial charge on any atom is 0.288 e. The van der Waals surface area contributed by atoms with Crippen molar-refractivity contribution < 1.29 is 9.72 Å². The van der Waals surface area contributed by atoms with Gasteiger partial charge in [0, 0.05) is 11.6 Å². The zero-order chi connectivity index (χ0) is 18.8. The molecule has 0 aliphatic heterocycles. The summed E-state index contributed by atoms with van der Waals surface area (Å²) in [5.74, 6) is -0.469. The Hall–Kier alpha value is -3.19. The van der Waals surface area contributed by atoms with Crippen LogP contribution in [-0.4, -0.2) is 20.6 Å². The monoisotopic (exact) mass is 370 g/mol. The third-order valence-corrected chi connectivity index (χ3v) is 4.26. The fourth-order valence-electron chi connectivity index (χ4n) is 2.62. The van der Waals surface area contributed by atoms with Crippen LogP contribution in [0.5, 0.6) is 0 Å². The number of halogens is 1. The van der Waals surface area contributed by atoms with Gasteiger partial charge in [-0.25, -0.2) is 4.68 Å². The SMILES string of the molecule is Cc1nn(-c2ccccc2)c(C)c1NC(=O)c1ccc(Cl)c([N+](=O)[O-])c1. The number of carbonyl (C=O) groups is 1. The average molecular weight is 371 g/mol. The highest BCUT2D eigenvalue weighted by Gasteiger charge is 2.19. The van der Waals surface area contributed by atoms with Gasteiger partial charge in [-0.15, -0.1) is 0 Å². The summed E-state index contributed by atoms with van der Waals surface area (Å²) in [6.07, 6.45) is 0. The molecule has 1 aromatic heterocycles. The van der Waals surface area contributed by atoms with Crippen LogP contribution in [0.1, 0.15) is 21.7 Å². The van der Waals surface area contributed by atoms with Crippen LogP contribution in [0.25, 0.3) is 5.69 Å². The van der Waals surface area contributed by atoms with Crippen molar-refractivity contribution in [3.63, 3.8) is 0 Å². The van der Waals surface area contributed by atoms with Gasteiger partial charge in [-0.05, 0) is 38.1 Å². The number of hydrogen-bond donors (Lipinski definition) is 1. The second-order valence-corrected chi connectivity index (χ2v) is 6.08. The maximum absolute atomic E-state index is 12.5. The van der Waals surface area contributed by atoms with Gasteiger partial charge in [0.05, 0.1) is 27.7 Å². The molecule has 8 heteroatoms. The van der Waals surface area contributed by atoms with Gasteiger partial charge in [-0.1, -0.05) is 29.8 Å². The Kier molecular flexibility index (Phi) is 4.73. The summed E-state index contributed by atoms with van der Waals surface area (Å²) in [7, 11) is 0. The minimum Gasteiger partial charge on any atom is -0.319 e. The van der Waals surface area contributed by atoms with E-state index in [-0.39, 0.29) is 16.3 Å². The smallest absolute Gasteiger partial charge is 0.288 e. The molecule has 0 radical (unpaired) electrons. The van der Waals surface area contributed by atoms with Gasteiger partial charge in [-0.2, -0.15) is 5.10 Å². The highest BCUT2D eigenvalue weighted by molar-refractivity contribution is 6.32. The van der Waals surface area contributed by atoms with E-state index in [0.29, 0.717) is 11.4 Å². The summed E-state index contributed by atoms with van der Waals surface area (Å²) < 4.78 is 1.73. The van der Waals surface area contributed by atoms with Gasteiger partial charge in [0.1, 0.15) is 5.02 Å². The van der Waals surface area contributed by atoms with Crippen LogP contribution < -0.4 is 5.32 Å². The average Bonchev–Trinajstić information content (AvgIpc) is 2.90. The van der Waals surface area contributed by atoms with Gasteiger partial charge in [0.15, 0.2) is 0 Å². The molecular weight excluding hydrogens is 356 g/mol. The van der Waals surface area contributed by atoms with Gasteiger partial charge in [0.2, 0.25) is 0 Å². The molecule has 1 heterocycles. The van der Waals surface area contributed by atoms with Crippen molar-refractivity contribution >= 4 is 28.9 Å². The number of nitro benzene ring substituents is 1. The molecule has 1 N–H and O–H groups in total. The molecule has 3 aromatic rings. The first kappa shape index (κ1) is 17.6. The van der Waals surface area contributed by atoms with Crippen LogP contribution in [0.15, 0.2) is 48.5 Å². The number of aryl methyl sites for hydroxylation is 1. The first-order valence-corrected chi connectivity index (χ1v) is 8.13. The molecule has 0 atom stereocenters. The normalized spacial score (nSPS) is 10.6. The van der Waals surface area contributed by atoms with E-state index in [1.54, 1.807) is 11.6 Å². The van der Waals surface area contributed by atoms with Crippen molar-refractivity contribution in [3.8, 4) is 5.69 Å². The minimum atomic E-state index is -0.622. The van der Waals surface area contributed by atoms with E-state index in [1.165, 1.54) is 12.1 Å². The van der Waals surface area contributed by atoms with E-state index in [9.17, 15) is 14.9 Å². The quantitative estimate of drug-likeness (QED) is 0.547. The molecule has 0 unspecified atom stereocenters. The number of nitrogens with zero attached hydrogens (tertiary/aromatic N) is 3. The summed E-state index contributed by atoms with van der Waals surface area (Å²) in [5, 5.41) is 18.2. The third-order valence-electron chi connectivity index (χ3n) is 3.94. The van der Waals surface area contributed by atoms with E-state index in [0.717, 1.165) is 17.4 Å². The predicted molar refractivity (Wildman–Crippen MR) is 99.1 cm³/mol. The number of anilines is 1. The van der Waals surface area contributed by atoms with Gasteiger partial charge in [-0.3, -0.25) is 14.9 Å². The summed E-state index contributed by atoms with van der Waals surface area (Å²) in [4.78, 5) is 22.9. The summed E-state index contributed by atoms with van der Waals surface area (Å²) in [6, 6.07) is 13.5. The number of carbonyl (C=O) groups excluding carboxylic acids is 1. The lowest BCUT2D eigenvalue weighted by Crippen LogP contribution is -2.13. The van der Waals surface area contributed by atoms with Crippen molar-refractivity contribution in [3.05, 3.63) is 80.6 Å². The molecule has 3 rings (SSSR count). The van der Waals surface area contributed by atoms with Crippen LogP contribution in [-0.2, 0) is 0 Å². The Morgan fingerprint density at radius 3 is 2.54 bits per heavy atom. The molecule has 0 fully saturated rings. The molecule has 2 aromatic carbocycles. The summed E-state index contributed by atoms with van der Waals surface area (Å²) in [6.45, 7) is 3.62. The number of nitrogens with one attached hydrogen (secondary N) is 1. The molecule has 132 valence electrons. The zero-order valence-corrected chi connectivity index (χ0v) is 14.8. The summed E-state index contributed by atoms with van der Waals surface area (Å²) >= 11 is 5.79. The zero-order valence-electron chi connectivity index (χ0n) is 14.1. The van der Waals surface area contributed by atoms with Crippen LogP contribution in [0.4, 0.5) is 11.4 Å². The topological polar surface area (TPSA) is 90.1 Å². The molecule has 0 aliphatic rings. The van der Waals surface area contributed by atoms with Crippen LogP contribution in [0.2, 0.25) is 5.02 Å². The van der Waals surface area contributed by atoms with Crippen molar-refractivity contribution in [2.75, 3.05) is 5.32 Å². The predicted octanol–water partition coefficient (Wildman–Crippen LogP) is 4.30. The Balaban J connectivity index is 1.92. The minimum absolute atomic E-state index is 0.0178. The van der Waals surface area contributed by atoms with E-state index >= 15 is 0 Å². The van der Waals surface area contributed by atoms with Crippen molar-refractivity contribution in [1.82, 2.24) is 9.78 Å². The van der Waals surface area contributed by atoms with Crippen molar-refractivity contribution in [2.45, 2.75) is 13.8 Å². The fraction of sp³-hybridized carbons (Fsp3) is 0.111. The molecule has 0 aliphatic carbocycles. The van der Waals surface area contributed by atoms with E-state index in [4.69, 9.17) is 11.6 Å². The number of rotatable bonds is 4. The molecule has 0 bridgehead atoms. The second-order valence-electron chi connectivity index (χ2n) is 5.67. The molecular formula is C18H15ClN4O3. The van der Waals surface area contributed by atoms with E-state index < -0.39 is 10.8 Å². The number of nitro groups is 1. The standard InChI is InChI=1S/C18H15ClN4O3/c1-11-17(12(2)22(21-11)14-6-4-3-5-7-14)20-18(24)13-8-9-15(19)16(10-13)23(25)26/h3-10H,1-2H3,(H,20,24).